The van der Waals surface area contributed by atoms with Gasteiger partial charge in [-0.3, -0.25) is 4.79 Å². The zero-order valence-corrected chi connectivity index (χ0v) is 13.1. The lowest BCUT2D eigenvalue weighted by atomic mass is 10.0. The lowest BCUT2D eigenvalue weighted by Gasteiger charge is -2.17. The zero-order chi connectivity index (χ0) is 14.8. The van der Waals surface area contributed by atoms with Crippen molar-refractivity contribution in [2.75, 3.05) is 18.6 Å². The zero-order valence-electron chi connectivity index (χ0n) is 12.3. The summed E-state index contributed by atoms with van der Waals surface area (Å²) in [6.45, 7) is 0.686. The summed E-state index contributed by atoms with van der Waals surface area (Å²) in [7, 11) is 0. The molecule has 0 saturated heterocycles. The Morgan fingerprint density at radius 3 is 2.65 bits per heavy atom. The Morgan fingerprint density at radius 1 is 1.35 bits per heavy atom. The van der Waals surface area contributed by atoms with Gasteiger partial charge in [0.15, 0.2) is 0 Å². The van der Waals surface area contributed by atoms with E-state index in [1.165, 1.54) is 32.1 Å². The van der Waals surface area contributed by atoms with E-state index in [4.69, 9.17) is 5.73 Å². The number of urea groups is 1. The van der Waals surface area contributed by atoms with Crippen LogP contribution in [-0.2, 0) is 4.79 Å². The molecule has 0 aliphatic heterocycles. The van der Waals surface area contributed by atoms with Crippen molar-refractivity contribution in [3.05, 3.63) is 0 Å². The number of nitrogens with one attached hydrogen (secondary N) is 2. The van der Waals surface area contributed by atoms with Gasteiger partial charge < -0.3 is 16.4 Å². The lowest BCUT2D eigenvalue weighted by Crippen LogP contribution is -2.49. The van der Waals surface area contributed by atoms with Crippen molar-refractivity contribution in [3.63, 3.8) is 0 Å². The summed E-state index contributed by atoms with van der Waals surface area (Å²) in [5.74, 6) is 1.55. The molecular formula is C14H27N3O2S. The molecule has 0 bridgehead atoms. The number of rotatable bonds is 9. The molecule has 0 aromatic heterocycles. The molecule has 3 amide bonds. The maximum Gasteiger partial charge on any atom is 0.312 e. The third-order valence-corrected chi connectivity index (χ3v) is 4.45. The monoisotopic (exact) mass is 301 g/mol. The molecule has 1 atom stereocenters. The molecule has 1 rings (SSSR count). The molecule has 1 saturated carbocycles. The predicted octanol–water partition coefficient (Wildman–Crippen LogP) is 1.86. The van der Waals surface area contributed by atoms with Crippen LogP contribution < -0.4 is 16.4 Å². The first-order chi connectivity index (χ1) is 9.63. The quantitative estimate of drug-likeness (QED) is 0.568. The average molecular weight is 301 g/mol. The van der Waals surface area contributed by atoms with Gasteiger partial charge in [0.05, 0.1) is 0 Å². The molecule has 0 spiro atoms. The van der Waals surface area contributed by atoms with E-state index in [2.05, 4.69) is 10.6 Å². The number of hydrogen-bond donors (Lipinski definition) is 3. The molecule has 1 aliphatic rings. The van der Waals surface area contributed by atoms with Gasteiger partial charge in [0.25, 0.3) is 0 Å². The highest BCUT2D eigenvalue weighted by Crippen LogP contribution is 2.28. The normalized spacial score (nSPS) is 16.9. The number of amides is 3. The average Bonchev–Trinajstić information content (AvgIpc) is 2.92. The Hall–Kier alpha value is -0.910. The molecule has 20 heavy (non-hydrogen) atoms. The van der Waals surface area contributed by atoms with Gasteiger partial charge in [0.2, 0.25) is 5.91 Å². The summed E-state index contributed by atoms with van der Waals surface area (Å²) in [4.78, 5) is 22.9. The van der Waals surface area contributed by atoms with E-state index in [-0.39, 0.29) is 5.91 Å². The number of thioether (sulfide) groups is 1. The van der Waals surface area contributed by atoms with Crippen LogP contribution in [0.2, 0.25) is 0 Å². The minimum atomic E-state index is -0.641. The number of carbonyl (C=O) groups excluding carboxylic acids is 2. The molecule has 0 radical (unpaired) electrons. The van der Waals surface area contributed by atoms with Crippen molar-refractivity contribution in [1.82, 2.24) is 10.6 Å². The smallest absolute Gasteiger partial charge is 0.312 e. The Balaban J connectivity index is 2.20. The lowest BCUT2D eigenvalue weighted by molar-refractivity contribution is -0.122. The Bertz CT molecular complexity index is 307. The van der Waals surface area contributed by atoms with Gasteiger partial charge in [-0.2, -0.15) is 11.8 Å². The van der Waals surface area contributed by atoms with Crippen molar-refractivity contribution in [1.29, 1.82) is 0 Å². The third-order valence-electron chi connectivity index (χ3n) is 3.81. The van der Waals surface area contributed by atoms with Crippen molar-refractivity contribution in [2.24, 2.45) is 11.7 Å². The van der Waals surface area contributed by atoms with Crippen LogP contribution >= 0.6 is 11.8 Å². The van der Waals surface area contributed by atoms with Crippen molar-refractivity contribution < 1.29 is 9.59 Å². The van der Waals surface area contributed by atoms with E-state index >= 15 is 0 Å². The number of hydrogen-bond acceptors (Lipinski definition) is 3. The minimum Gasteiger partial charge on any atom is -0.354 e. The van der Waals surface area contributed by atoms with Gasteiger partial charge in [0.1, 0.15) is 6.04 Å². The molecule has 5 nitrogen and oxygen atoms in total. The van der Waals surface area contributed by atoms with Gasteiger partial charge in [0, 0.05) is 6.54 Å². The Morgan fingerprint density at radius 2 is 2.05 bits per heavy atom. The largest absolute Gasteiger partial charge is 0.354 e. The fourth-order valence-electron chi connectivity index (χ4n) is 2.70. The Labute approximate surface area is 125 Å². The summed E-state index contributed by atoms with van der Waals surface area (Å²) in [6.07, 6.45) is 10.2. The first-order valence-corrected chi connectivity index (χ1v) is 8.85. The highest BCUT2D eigenvalue weighted by atomic mass is 32.2. The molecule has 0 aromatic carbocycles. The SMILES string of the molecule is CSCCC(NC(N)=O)C(=O)NCCCC1CCCC1. The second-order valence-corrected chi connectivity index (χ2v) is 6.41. The van der Waals surface area contributed by atoms with E-state index in [1.54, 1.807) is 11.8 Å². The molecule has 6 heteroatoms. The van der Waals surface area contributed by atoms with Crippen LogP contribution in [-0.4, -0.2) is 36.5 Å². The maximum atomic E-state index is 12.0. The standard InChI is InChI=1S/C14H27N3O2S/c1-20-10-8-12(17-14(15)19)13(18)16-9-4-7-11-5-2-3-6-11/h11-12H,2-10H2,1H3,(H,16,18)(H3,15,17,19). The van der Waals surface area contributed by atoms with Crippen LogP contribution in [0.4, 0.5) is 4.79 Å². The topological polar surface area (TPSA) is 84.2 Å². The molecular weight excluding hydrogens is 274 g/mol. The van der Waals surface area contributed by atoms with E-state index < -0.39 is 12.1 Å². The molecule has 4 N–H and O–H groups in total. The van der Waals surface area contributed by atoms with Crippen LogP contribution in [0.25, 0.3) is 0 Å². The fourth-order valence-corrected chi connectivity index (χ4v) is 3.17. The van der Waals surface area contributed by atoms with Crippen molar-refractivity contribution in [3.8, 4) is 0 Å². The van der Waals surface area contributed by atoms with Crippen molar-refractivity contribution in [2.45, 2.75) is 51.0 Å². The summed E-state index contributed by atoms with van der Waals surface area (Å²) in [6, 6.07) is -1.15. The van der Waals surface area contributed by atoms with Gasteiger partial charge >= 0.3 is 6.03 Å². The Kier molecular flexibility index (Phi) is 8.49. The summed E-state index contributed by atoms with van der Waals surface area (Å²) >= 11 is 1.65. The van der Waals surface area contributed by atoms with Gasteiger partial charge in [-0.1, -0.05) is 25.7 Å². The highest BCUT2D eigenvalue weighted by Gasteiger charge is 2.19. The maximum absolute atomic E-state index is 12.0. The first kappa shape index (κ1) is 17.1. The minimum absolute atomic E-state index is 0.121. The molecule has 1 aliphatic carbocycles. The van der Waals surface area contributed by atoms with Gasteiger partial charge in [-0.25, -0.2) is 4.79 Å². The molecule has 1 fully saturated rings. The molecule has 116 valence electrons. The van der Waals surface area contributed by atoms with Crippen LogP contribution in [0.5, 0.6) is 0 Å². The van der Waals surface area contributed by atoms with E-state index in [9.17, 15) is 9.59 Å². The fraction of sp³-hybridized carbons (Fsp3) is 0.857. The summed E-state index contributed by atoms with van der Waals surface area (Å²) < 4.78 is 0. The second-order valence-electron chi connectivity index (χ2n) is 5.43. The van der Waals surface area contributed by atoms with E-state index in [0.29, 0.717) is 13.0 Å². The number of primary amides is 1. The van der Waals surface area contributed by atoms with Crippen LogP contribution in [0.15, 0.2) is 0 Å². The van der Waals surface area contributed by atoms with Crippen LogP contribution in [0.1, 0.15) is 44.9 Å². The molecule has 0 aromatic rings. The predicted molar refractivity (Wildman–Crippen MR) is 83.7 cm³/mol. The van der Waals surface area contributed by atoms with E-state index in [0.717, 1.165) is 18.1 Å². The third kappa shape index (κ3) is 7.03. The van der Waals surface area contributed by atoms with E-state index in [1.807, 2.05) is 6.26 Å². The molecule has 0 heterocycles. The van der Waals surface area contributed by atoms with Gasteiger partial charge in [-0.15, -0.1) is 0 Å². The highest BCUT2D eigenvalue weighted by molar-refractivity contribution is 7.98. The van der Waals surface area contributed by atoms with Crippen LogP contribution in [0.3, 0.4) is 0 Å². The number of nitrogens with two attached hydrogens (primary N) is 1. The van der Waals surface area contributed by atoms with Crippen LogP contribution in [0, 0.1) is 5.92 Å². The van der Waals surface area contributed by atoms with Gasteiger partial charge in [-0.05, 0) is 37.2 Å². The van der Waals surface area contributed by atoms with Crippen molar-refractivity contribution >= 4 is 23.7 Å². The number of carbonyl (C=O) groups is 2. The molecule has 1 unspecified atom stereocenters. The first-order valence-electron chi connectivity index (χ1n) is 7.46. The second kappa shape index (κ2) is 9.91. The summed E-state index contributed by atoms with van der Waals surface area (Å²) in [5.41, 5.74) is 5.10. The summed E-state index contributed by atoms with van der Waals surface area (Å²) in [5, 5.41) is 5.41.